The average Bonchev–Trinajstić information content (AvgIpc) is 2.82. The SMILES string of the molecule is CC(=O)c1ccc(NC2CCN3CCCCC23)cc1N. The van der Waals surface area contributed by atoms with Crippen LogP contribution >= 0.6 is 0 Å². The Hall–Kier alpha value is -1.55. The standard InChI is InChI=1S/C16H23N3O/c1-11(20)13-6-5-12(10-14(13)17)18-15-7-9-19-8-3-2-4-16(15)19/h5-6,10,15-16,18H,2-4,7-9,17H2,1H3. The summed E-state index contributed by atoms with van der Waals surface area (Å²) >= 11 is 0. The molecule has 2 unspecified atom stereocenters. The molecule has 2 saturated heterocycles. The summed E-state index contributed by atoms with van der Waals surface area (Å²) in [5.41, 5.74) is 8.17. The van der Waals surface area contributed by atoms with E-state index in [9.17, 15) is 4.79 Å². The molecular weight excluding hydrogens is 250 g/mol. The fourth-order valence-electron chi connectivity index (χ4n) is 3.60. The molecule has 0 spiro atoms. The highest BCUT2D eigenvalue weighted by Gasteiger charge is 2.35. The Kier molecular flexibility index (Phi) is 3.66. The van der Waals surface area contributed by atoms with E-state index in [1.165, 1.54) is 38.8 Å². The van der Waals surface area contributed by atoms with Crippen molar-refractivity contribution in [3.05, 3.63) is 23.8 Å². The van der Waals surface area contributed by atoms with Crippen LogP contribution in [0.4, 0.5) is 11.4 Å². The minimum absolute atomic E-state index is 0.0216. The second-order valence-electron chi connectivity index (χ2n) is 6.00. The normalized spacial score (nSPS) is 26.2. The van der Waals surface area contributed by atoms with Gasteiger partial charge in [-0.2, -0.15) is 0 Å². The highest BCUT2D eigenvalue weighted by molar-refractivity contribution is 5.99. The molecule has 3 rings (SSSR count). The first-order valence-corrected chi connectivity index (χ1v) is 7.56. The molecule has 0 bridgehead atoms. The van der Waals surface area contributed by atoms with Gasteiger partial charge in [-0.1, -0.05) is 6.42 Å². The highest BCUT2D eigenvalue weighted by atomic mass is 16.1. The Balaban J connectivity index is 1.72. The average molecular weight is 273 g/mol. The summed E-state index contributed by atoms with van der Waals surface area (Å²) in [7, 11) is 0. The zero-order valence-electron chi connectivity index (χ0n) is 12.1. The summed E-state index contributed by atoms with van der Waals surface area (Å²) in [5, 5.41) is 3.61. The van der Waals surface area contributed by atoms with Gasteiger partial charge < -0.3 is 11.1 Å². The number of carbonyl (C=O) groups is 1. The molecule has 20 heavy (non-hydrogen) atoms. The molecule has 2 aliphatic rings. The van der Waals surface area contributed by atoms with Gasteiger partial charge >= 0.3 is 0 Å². The summed E-state index contributed by atoms with van der Waals surface area (Å²) in [6.45, 7) is 3.99. The Bertz CT molecular complexity index is 514. The number of hydrogen-bond acceptors (Lipinski definition) is 4. The minimum Gasteiger partial charge on any atom is -0.398 e. The third-order valence-electron chi connectivity index (χ3n) is 4.64. The van der Waals surface area contributed by atoms with Crippen LogP contribution in [0.5, 0.6) is 0 Å². The third-order valence-corrected chi connectivity index (χ3v) is 4.64. The van der Waals surface area contributed by atoms with Crippen molar-refractivity contribution in [1.82, 2.24) is 4.90 Å². The number of ketones is 1. The van der Waals surface area contributed by atoms with Gasteiger partial charge in [0.05, 0.1) is 0 Å². The molecule has 4 heteroatoms. The Labute approximate surface area is 120 Å². The summed E-state index contributed by atoms with van der Waals surface area (Å²) in [6, 6.07) is 6.87. The molecule has 3 N–H and O–H groups in total. The quantitative estimate of drug-likeness (QED) is 0.656. The lowest BCUT2D eigenvalue weighted by Gasteiger charge is -2.33. The summed E-state index contributed by atoms with van der Waals surface area (Å²) < 4.78 is 0. The number of carbonyl (C=O) groups excluding carboxylic acids is 1. The van der Waals surface area contributed by atoms with E-state index in [0.29, 0.717) is 23.3 Å². The fraction of sp³-hybridized carbons (Fsp3) is 0.562. The van der Waals surface area contributed by atoms with E-state index < -0.39 is 0 Å². The zero-order chi connectivity index (χ0) is 14.1. The van der Waals surface area contributed by atoms with Crippen LogP contribution in [-0.4, -0.2) is 35.9 Å². The van der Waals surface area contributed by atoms with E-state index >= 15 is 0 Å². The molecule has 0 amide bonds. The lowest BCUT2D eigenvalue weighted by Crippen LogP contribution is -2.41. The number of rotatable bonds is 3. The van der Waals surface area contributed by atoms with Crippen LogP contribution in [0.3, 0.4) is 0 Å². The second kappa shape index (κ2) is 5.44. The molecule has 4 nitrogen and oxygen atoms in total. The van der Waals surface area contributed by atoms with Crippen molar-refractivity contribution < 1.29 is 4.79 Å². The van der Waals surface area contributed by atoms with Crippen molar-refractivity contribution in [2.75, 3.05) is 24.1 Å². The largest absolute Gasteiger partial charge is 0.398 e. The van der Waals surface area contributed by atoms with Crippen LogP contribution < -0.4 is 11.1 Å². The van der Waals surface area contributed by atoms with Crippen molar-refractivity contribution in [1.29, 1.82) is 0 Å². The number of benzene rings is 1. The molecule has 0 saturated carbocycles. The molecule has 2 fully saturated rings. The molecule has 0 aromatic heterocycles. The lowest BCUT2D eigenvalue weighted by molar-refractivity contribution is 0.101. The van der Waals surface area contributed by atoms with E-state index in [1.807, 2.05) is 18.2 Å². The van der Waals surface area contributed by atoms with Crippen molar-refractivity contribution in [3.8, 4) is 0 Å². The topological polar surface area (TPSA) is 58.4 Å². The molecular formula is C16H23N3O. The van der Waals surface area contributed by atoms with Gasteiger partial charge in [0.1, 0.15) is 0 Å². The fourth-order valence-corrected chi connectivity index (χ4v) is 3.60. The number of nitrogens with two attached hydrogens (primary N) is 1. The van der Waals surface area contributed by atoms with E-state index in [-0.39, 0.29) is 5.78 Å². The molecule has 1 aromatic carbocycles. The van der Waals surface area contributed by atoms with Gasteiger partial charge in [-0.25, -0.2) is 0 Å². The predicted octanol–water partition coefficient (Wildman–Crippen LogP) is 2.51. The first kappa shape index (κ1) is 13.4. The van der Waals surface area contributed by atoms with Crippen LogP contribution in [0.25, 0.3) is 0 Å². The van der Waals surface area contributed by atoms with Crippen molar-refractivity contribution in [2.24, 2.45) is 0 Å². The summed E-state index contributed by atoms with van der Waals surface area (Å²) in [5.74, 6) is 0.0216. The van der Waals surface area contributed by atoms with Crippen molar-refractivity contribution >= 4 is 17.2 Å². The van der Waals surface area contributed by atoms with Gasteiger partial charge in [-0.05, 0) is 50.9 Å². The van der Waals surface area contributed by atoms with Crippen molar-refractivity contribution in [3.63, 3.8) is 0 Å². The number of Topliss-reactive ketones (excluding diaryl/α,β-unsaturated/α-hetero) is 1. The number of anilines is 2. The zero-order valence-corrected chi connectivity index (χ0v) is 12.1. The van der Waals surface area contributed by atoms with Crippen LogP contribution in [0, 0.1) is 0 Å². The summed E-state index contributed by atoms with van der Waals surface area (Å²) in [6.07, 6.45) is 5.16. The number of hydrogen-bond donors (Lipinski definition) is 2. The highest BCUT2D eigenvalue weighted by Crippen LogP contribution is 2.30. The van der Waals surface area contributed by atoms with Gasteiger partial charge in [0.15, 0.2) is 5.78 Å². The Morgan fingerprint density at radius 3 is 2.90 bits per heavy atom. The first-order chi connectivity index (χ1) is 9.65. The number of nitrogens with one attached hydrogen (secondary N) is 1. The number of nitrogens with zero attached hydrogens (tertiary/aromatic N) is 1. The summed E-state index contributed by atoms with van der Waals surface area (Å²) in [4.78, 5) is 14.0. The maximum absolute atomic E-state index is 11.4. The lowest BCUT2D eigenvalue weighted by atomic mass is 9.98. The monoisotopic (exact) mass is 273 g/mol. The molecule has 2 heterocycles. The van der Waals surface area contributed by atoms with Gasteiger partial charge in [-0.3, -0.25) is 9.69 Å². The molecule has 0 radical (unpaired) electrons. The maximum atomic E-state index is 11.4. The molecule has 108 valence electrons. The predicted molar refractivity (Wildman–Crippen MR) is 82.1 cm³/mol. The number of fused-ring (bicyclic) bond motifs is 1. The maximum Gasteiger partial charge on any atom is 0.161 e. The molecule has 1 aromatic rings. The van der Waals surface area contributed by atoms with E-state index in [2.05, 4.69) is 10.2 Å². The minimum atomic E-state index is 0.0216. The smallest absolute Gasteiger partial charge is 0.161 e. The van der Waals surface area contributed by atoms with Gasteiger partial charge in [0, 0.05) is 35.6 Å². The number of nitrogen functional groups attached to an aromatic ring is 1. The van der Waals surface area contributed by atoms with E-state index in [1.54, 1.807) is 6.92 Å². The van der Waals surface area contributed by atoms with Crippen LogP contribution in [0.2, 0.25) is 0 Å². The van der Waals surface area contributed by atoms with Gasteiger partial charge in [0.25, 0.3) is 0 Å². The van der Waals surface area contributed by atoms with Gasteiger partial charge in [-0.15, -0.1) is 0 Å². The van der Waals surface area contributed by atoms with E-state index in [0.717, 1.165) is 5.69 Å². The molecule has 2 atom stereocenters. The number of piperidine rings is 1. The van der Waals surface area contributed by atoms with Crippen LogP contribution in [0.15, 0.2) is 18.2 Å². The van der Waals surface area contributed by atoms with Crippen molar-refractivity contribution in [2.45, 2.75) is 44.7 Å². The Morgan fingerprint density at radius 1 is 1.30 bits per heavy atom. The molecule has 0 aliphatic carbocycles. The first-order valence-electron chi connectivity index (χ1n) is 7.56. The van der Waals surface area contributed by atoms with Crippen LogP contribution in [-0.2, 0) is 0 Å². The third kappa shape index (κ3) is 2.52. The van der Waals surface area contributed by atoms with E-state index in [4.69, 9.17) is 5.73 Å². The van der Waals surface area contributed by atoms with Crippen LogP contribution in [0.1, 0.15) is 43.0 Å². The second-order valence-corrected chi connectivity index (χ2v) is 6.00. The van der Waals surface area contributed by atoms with Gasteiger partial charge in [0.2, 0.25) is 0 Å². The Morgan fingerprint density at radius 2 is 2.15 bits per heavy atom. The molecule has 2 aliphatic heterocycles.